The summed E-state index contributed by atoms with van der Waals surface area (Å²) in [7, 11) is 3.91. The third-order valence-electron chi connectivity index (χ3n) is 1.38. The molecule has 0 saturated carbocycles. The second kappa shape index (κ2) is 5.88. The van der Waals surface area contributed by atoms with Gasteiger partial charge in [-0.1, -0.05) is 12.2 Å². The summed E-state index contributed by atoms with van der Waals surface area (Å²) >= 11 is 4.62. The summed E-state index contributed by atoms with van der Waals surface area (Å²) in [5.41, 5.74) is 5.23. The maximum Gasteiger partial charge on any atom is 0.227 e. The first-order valence-corrected chi connectivity index (χ1v) is 4.55. The Labute approximate surface area is 84.5 Å². The fourth-order valence-corrected chi connectivity index (χ4v) is 1.21. The highest BCUT2D eigenvalue weighted by Gasteiger charge is 2.08. The molecule has 0 radical (unpaired) electrons. The molecular formula is C8H17N3OS. The van der Waals surface area contributed by atoms with Crippen LogP contribution < -0.4 is 11.1 Å². The lowest BCUT2D eigenvalue weighted by atomic mass is 10.3. The predicted octanol–water partition coefficient (Wildman–Crippen LogP) is -0.271. The molecule has 0 aromatic carbocycles. The van der Waals surface area contributed by atoms with Gasteiger partial charge >= 0.3 is 0 Å². The highest BCUT2D eigenvalue weighted by molar-refractivity contribution is 7.80. The molecule has 0 aromatic rings. The molecular weight excluding hydrogens is 186 g/mol. The lowest BCUT2D eigenvalue weighted by Gasteiger charge is -2.17. The first-order chi connectivity index (χ1) is 5.91. The van der Waals surface area contributed by atoms with Crippen LogP contribution in [0.25, 0.3) is 0 Å². The summed E-state index contributed by atoms with van der Waals surface area (Å²) in [4.78, 5) is 13.4. The van der Waals surface area contributed by atoms with Crippen molar-refractivity contribution in [1.82, 2.24) is 10.2 Å². The molecule has 1 atom stereocenters. The second-order valence-corrected chi connectivity index (χ2v) is 3.90. The highest BCUT2D eigenvalue weighted by Crippen LogP contribution is 1.87. The second-order valence-electron chi connectivity index (χ2n) is 3.37. The summed E-state index contributed by atoms with van der Waals surface area (Å²) < 4.78 is 0. The van der Waals surface area contributed by atoms with Gasteiger partial charge in [-0.3, -0.25) is 4.79 Å². The lowest BCUT2D eigenvalue weighted by Crippen LogP contribution is -2.40. The quantitative estimate of drug-likeness (QED) is 0.604. The zero-order chi connectivity index (χ0) is 10.4. The van der Waals surface area contributed by atoms with Gasteiger partial charge < -0.3 is 16.0 Å². The number of carbonyl (C=O) groups is 1. The van der Waals surface area contributed by atoms with Gasteiger partial charge in [-0.05, 0) is 21.0 Å². The Balaban J connectivity index is 3.71. The minimum atomic E-state index is -0.109. The van der Waals surface area contributed by atoms with Crippen LogP contribution in [0.1, 0.15) is 13.3 Å². The number of nitrogens with two attached hydrogens (primary N) is 1. The van der Waals surface area contributed by atoms with Crippen molar-refractivity contribution in [2.24, 2.45) is 5.73 Å². The topological polar surface area (TPSA) is 58.4 Å². The normalized spacial score (nSPS) is 12.6. The molecule has 0 bridgehead atoms. The van der Waals surface area contributed by atoms with Gasteiger partial charge in [0.05, 0.1) is 11.4 Å². The number of likely N-dealkylation sites (N-methyl/N-ethyl adjacent to an activating group) is 1. The van der Waals surface area contributed by atoms with Gasteiger partial charge in [0.25, 0.3) is 0 Å². The zero-order valence-electron chi connectivity index (χ0n) is 8.33. The summed E-state index contributed by atoms with van der Waals surface area (Å²) in [5.74, 6) is -0.109. The van der Waals surface area contributed by atoms with Gasteiger partial charge in [0.1, 0.15) is 0 Å². The number of nitrogens with one attached hydrogen (secondary N) is 1. The van der Waals surface area contributed by atoms with E-state index in [1.54, 1.807) is 0 Å². The van der Waals surface area contributed by atoms with Crippen molar-refractivity contribution in [2.75, 3.05) is 20.6 Å². The largest absolute Gasteiger partial charge is 0.393 e. The SMILES string of the molecule is CC(CN(C)C)NC(=O)CC(N)=S. The number of nitrogens with zero attached hydrogens (tertiary/aromatic N) is 1. The van der Waals surface area contributed by atoms with Crippen LogP contribution in [0.3, 0.4) is 0 Å². The van der Waals surface area contributed by atoms with E-state index in [4.69, 9.17) is 5.73 Å². The molecule has 3 N–H and O–H groups in total. The van der Waals surface area contributed by atoms with Crippen LogP contribution in [-0.4, -0.2) is 42.5 Å². The molecule has 0 fully saturated rings. The third kappa shape index (κ3) is 7.67. The van der Waals surface area contributed by atoms with Crippen LogP contribution in [-0.2, 0) is 4.79 Å². The van der Waals surface area contributed by atoms with Crippen LogP contribution in [0.4, 0.5) is 0 Å². The Hall–Kier alpha value is -0.680. The average Bonchev–Trinajstić information content (AvgIpc) is 1.80. The van der Waals surface area contributed by atoms with Crippen LogP contribution >= 0.6 is 12.2 Å². The van der Waals surface area contributed by atoms with Crippen LogP contribution in [0.2, 0.25) is 0 Å². The van der Waals surface area contributed by atoms with E-state index < -0.39 is 0 Å². The van der Waals surface area contributed by atoms with Crippen molar-refractivity contribution in [2.45, 2.75) is 19.4 Å². The lowest BCUT2D eigenvalue weighted by molar-refractivity contribution is -0.120. The van der Waals surface area contributed by atoms with Crippen molar-refractivity contribution in [3.8, 4) is 0 Å². The Morgan fingerprint density at radius 3 is 2.54 bits per heavy atom. The van der Waals surface area contributed by atoms with Crippen molar-refractivity contribution in [1.29, 1.82) is 0 Å². The first-order valence-electron chi connectivity index (χ1n) is 4.14. The molecule has 5 heteroatoms. The van der Waals surface area contributed by atoms with Gasteiger partial charge in [-0.25, -0.2) is 0 Å². The van der Waals surface area contributed by atoms with Gasteiger partial charge in [0, 0.05) is 12.6 Å². The molecule has 0 aromatic heterocycles. The molecule has 0 aliphatic heterocycles. The Kier molecular flexibility index (Phi) is 5.57. The molecule has 4 nitrogen and oxygen atoms in total. The Bertz CT molecular complexity index is 194. The van der Waals surface area contributed by atoms with Gasteiger partial charge in [0.2, 0.25) is 5.91 Å². The van der Waals surface area contributed by atoms with E-state index in [0.29, 0.717) is 0 Å². The average molecular weight is 203 g/mol. The maximum absolute atomic E-state index is 11.1. The third-order valence-corrected chi connectivity index (χ3v) is 1.53. The molecule has 13 heavy (non-hydrogen) atoms. The predicted molar refractivity (Wildman–Crippen MR) is 57.6 cm³/mol. The highest BCUT2D eigenvalue weighted by atomic mass is 32.1. The van der Waals surface area contributed by atoms with Gasteiger partial charge in [-0.15, -0.1) is 0 Å². The summed E-state index contributed by atoms with van der Waals surface area (Å²) in [5, 5.41) is 2.79. The number of hydrogen-bond donors (Lipinski definition) is 2. The van der Waals surface area contributed by atoms with E-state index in [2.05, 4.69) is 17.5 Å². The van der Waals surface area contributed by atoms with E-state index in [-0.39, 0.29) is 23.4 Å². The molecule has 1 unspecified atom stereocenters. The molecule has 0 saturated heterocycles. The van der Waals surface area contributed by atoms with Gasteiger partial charge in [-0.2, -0.15) is 0 Å². The van der Waals surface area contributed by atoms with E-state index in [0.717, 1.165) is 6.54 Å². The van der Waals surface area contributed by atoms with E-state index in [9.17, 15) is 4.79 Å². The minimum Gasteiger partial charge on any atom is -0.393 e. The maximum atomic E-state index is 11.1. The van der Waals surface area contributed by atoms with Crippen molar-refractivity contribution in [3.63, 3.8) is 0 Å². The van der Waals surface area contributed by atoms with E-state index in [1.165, 1.54) is 0 Å². The summed E-state index contributed by atoms with van der Waals surface area (Å²) in [6.07, 6.45) is 0.132. The van der Waals surface area contributed by atoms with Crippen LogP contribution in [0.15, 0.2) is 0 Å². The fourth-order valence-electron chi connectivity index (χ4n) is 1.08. The van der Waals surface area contributed by atoms with Crippen molar-refractivity contribution >= 4 is 23.1 Å². The molecule has 0 aliphatic carbocycles. The molecule has 76 valence electrons. The standard InChI is InChI=1S/C8H17N3OS/c1-6(5-11(2)3)10-8(12)4-7(9)13/h6H,4-5H2,1-3H3,(H2,9,13)(H,10,12). The molecule has 0 spiro atoms. The Morgan fingerprint density at radius 1 is 1.62 bits per heavy atom. The van der Waals surface area contributed by atoms with Gasteiger partial charge in [0.15, 0.2) is 0 Å². The van der Waals surface area contributed by atoms with Crippen molar-refractivity contribution < 1.29 is 4.79 Å². The summed E-state index contributed by atoms with van der Waals surface area (Å²) in [6, 6.07) is 0.122. The molecule has 1 amide bonds. The summed E-state index contributed by atoms with van der Waals surface area (Å²) in [6.45, 7) is 2.75. The number of thiocarbonyl (C=S) groups is 1. The van der Waals surface area contributed by atoms with Crippen LogP contribution in [0, 0.1) is 0 Å². The molecule has 0 heterocycles. The number of rotatable bonds is 5. The van der Waals surface area contributed by atoms with E-state index in [1.807, 2.05) is 25.9 Å². The van der Waals surface area contributed by atoms with E-state index >= 15 is 0 Å². The number of hydrogen-bond acceptors (Lipinski definition) is 3. The molecule has 0 rings (SSSR count). The fraction of sp³-hybridized carbons (Fsp3) is 0.750. The number of carbonyl (C=O) groups excluding carboxylic acids is 1. The minimum absolute atomic E-state index is 0.109. The first kappa shape index (κ1) is 12.3. The Morgan fingerprint density at radius 2 is 2.15 bits per heavy atom. The monoisotopic (exact) mass is 203 g/mol. The number of amides is 1. The van der Waals surface area contributed by atoms with Crippen LogP contribution in [0.5, 0.6) is 0 Å². The zero-order valence-corrected chi connectivity index (χ0v) is 9.15. The molecule has 0 aliphatic rings. The van der Waals surface area contributed by atoms with Crippen molar-refractivity contribution in [3.05, 3.63) is 0 Å². The smallest absolute Gasteiger partial charge is 0.227 e.